The molecule has 3 atom stereocenters. The van der Waals surface area contributed by atoms with Crippen molar-refractivity contribution in [2.75, 3.05) is 39.4 Å². The number of ether oxygens (including phenoxy) is 2. The number of amides is 1. The lowest BCUT2D eigenvalue weighted by Crippen LogP contribution is -2.49. The molecule has 2 saturated heterocycles. The summed E-state index contributed by atoms with van der Waals surface area (Å²) in [6.07, 6.45) is 10.4. The summed E-state index contributed by atoms with van der Waals surface area (Å²) in [6.45, 7) is 7.80. The van der Waals surface area contributed by atoms with Crippen LogP contribution in [-0.2, 0) is 14.3 Å². The number of nitrogens with zero attached hydrogens (tertiary/aromatic N) is 3. The van der Waals surface area contributed by atoms with E-state index in [1.54, 1.807) is 11.5 Å². The number of allylic oxidation sites excluding steroid dienone is 1. The molecule has 5 rings (SSSR count). The number of likely N-dealkylation sites (tertiary alicyclic amines) is 2. The molecule has 0 saturated carbocycles. The van der Waals surface area contributed by atoms with Gasteiger partial charge in [0.1, 0.15) is 0 Å². The number of aromatic nitrogens is 1. The van der Waals surface area contributed by atoms with E-state index < -0.39 is 6.29 Å². The molecule has 3 unspecified atom stereocenters. The van der Waals surface area contributed by atoms with Crippen molar-refractivity contribution in [3.8, 4) is 0 Å². The Morgan fingerprint density at radius 1 is 1.08 bits per heavy atom. The number of aliphatic hydroxyl groups is 1. The monoisotopic (exact) mass is 537 g/mol. The Labute approximate surface area is 231 Å². The molecule has 212 valence electrons. The molecule has 0 aliphatic carbocycles. The first-order chi connectivity index (χ1) is 19.0. The zero-order chi connectivity index (χ0) is 27.4. The highest BCUT2D eigenvalue weighted by Gasteiger charge is 2.40. The summed E-state index contributed by atoms with van der Waals surface area (Å²) in [5.74, 6) is -0.121. The summed E-state index contributed by atoms with van der Waals surface area (Å²) in [4.78, 5) is 30.9. The SMILES string of the molecule is CCOC1OC(C(=O)N2CCC(N3CCCCC3)CC2)=CC(c2cn(C(C)=O)c3ccccc23)C1CCCO. The fraction of sp³-hybridized carbons (Fsp3) is 0.613. The van der Waals surface area contributed by atoms with Crippen LogP contribution in [0.1, 0.15) is 75.1 Å². The zero-order valence-corrected chi connectivity index (χ0v) is 23.4. The molecule has 2 aromatic rings. The van der Waals surface area contributed by atoms with Crippen molar-refractivity contribution in [2.24, 2.45) is 5.92 Å². The van der Waals surface area contributed by atoms with Gasteiger partial charge in [-0.25, -0.2) is 0 Å². The van der Waals surface area contributed by atoms with Gasteiger partial charge in [0.15, 0.2) is 5.76 Å². The highest BCUT2D eigenvalue weighted by Crippen LogP contribution is 2.43. The molecule has 0 bridgehead atoms. The first kappa shape index (κ1) is 27.9. The number of para-hydroxylation sites is 1. The average molecular weight is 538 g/mol. The molecule has 8 heteroatoms. The van der Waals surface area contributed by atoms with Crippen LogP contribution >= 0.6 is 0 Å². The average Bonchev–Trinajstić information content (AvgIpc) is 3.36. The van der Waals surface area contributed by atoms with E-state index in [0.29, 0.717) is 31.2 Å². The number of fused-ring (bicyclic) bond motifs is 1. The Balaban J connectivity index is 1.45. The Kier molecular flexibility index (Phi) is 9.05. The van der Waals surface area contributed by atoms with Crippen LogP contribution in [0.15, 0.2) is 42.3 Å². The molecule has 3 aliphatic heterocycles. The van der Waals surface area contributed by atoms with Gasteiger partial charge in [-0.2, -0.15) is 0 Å². The Bertz CT molecular complexity index is 1180. The van der Waals surface area contributed by atoms with E-state index in [1.165, 1.54) is 32.4 Å². The lowest BCUT2D eigenvalue weighted by Gasteiger charge is -2.41. The number of hydrogen-bond acceptors (Lipinski definition) is 6. The van der Waals surface area contributed by atoms with Crippen molar-refractivity contribution in [2.45, 2.75) is 77.0 Å². The number of carbonyl (C=O) groups is 2. The molecule has 0 spiro atoms. The van der Waals surface area contributed by atoms with E-state index in [9.17, 15) is 14.7 Å². The lowest BCUT2D eigenvalue weighted by molar-refractivity contribution is -0.170. The van der Waals surface area contributed by atoms with E-state index in [-0.39, 0.29) is 30.3 Å². The van der Waals surface area contributed by atoms with Crippen molar-refractivity contribution >= 4 is 22.7 Å². The maximum Gasteiger partial charge on any atom is 0.288 e. The standard InChI is InChI=1S/C31H43N3O5/c1-3-38-31-25(11-9-19-35)26(27-21-34(22(2)36)28-12-6-5-10-24(27)28)20-29(39-31)30(37)33-17-13-23(14-18-33)32-15-7-4-8-16-32/h5-6,10,12,20-21,23,25-26,31,35H,3-4,7-9,11,13-19H2,1-2H3. The fourth-order valence-electron chi connectivity index (χ4n) is 6.72. The summed E-state index contributed by atoms with van der Waals surface area (Å²) >= 11 is 0. The number of piperidine rings is 2. The van der Waals surface area contributed by atoms with E-state index in [4.69, 9.17) is 9.47 Å². The summed E-state index contributed by atoms with van der Waals surface area (Å²) < 4.78 is 14.1. The summed E-state index contributed by atoms with van der Waals surface area (Å²) in [7, 11) is 0. The molecule has 8 nitrogen and oxygen atoms in total. The summed E-state index contributed by atoms with van der Waals surface area (Å²) in [5.41, 5.74) is 1.83. The van der Waals surface area contributed by atoms with Crippen LogP contribution in [-0.4, -0.2) is 83.0 Å². The first-order valence-corrected chi connectivity index (χ1v) is 14.8. The number of aliphatic hydroxyl groups excluding tert-OH is 1. The summed E-state index contributed by atoms with van der Waals surface area (Å²) in [5, 5.41) is 10.6. The maximum absolute atomic E-state index is 13.8. The van der Waals surface area contributed by atoms with Gasteiger partial charge in [0.25, 0.3) is 5.91 Å². The lowest BCUT2D eigenvalue weighted by atomic mass is 9.80. The molecule has 39 heavy (non-hydrogen) atoms. The predicted molar refractivity (Wildman–Crippen MR) is 150 cm³/mol. The molecular weight excluding hydrogens is 494 g/mol. The second-order valence-electron chi connectivity index (χ2n) is 11.1. The fourth-order valence-corrected chi connectivity index (χ4v) is 6.72. The van der Waals surface area contributed by atoms with Gasteiger partial charge in [-0.1, -0.05) is 24.6 Å². The van der Waals surface area contributed by atoms with Crippen LogP contribution in [0.2, 0.25) is 0 Å². The molecule has 1 amide bonds. The number of benzene rings is 1. The van der Waals surface area contributed by atoms with Gasteiger partial charge < -0.3 is 24.4 Å². The third kappa shape index (κ3) is 5.93. The van der Waals surface area contributed by atoms with Crippen LogP contribution in [0.25, 0.3) is 10.9 Å². The van der Waals surface area contributed by atoms with Crippen LogP contribution in [0.5, 0.6) is 0 Å². The number of carbonyl (C=O) groups excluding carboxylic acids is 2. The van der Waals surface area contributed by atoms with Gasteiger partial charge in [0.05, 0.1) is 5.52 Å². The molecule has 2 fully saturated rings. The number of hydrogen-bond donors (Lipinski definition) is 1. The van der Waals surface area contributed by atoms with Gasteiger partial charge in [0, 0.05) is 62.7 Å². The van der Waals surface area contributed by atoms with Gasteiger partial charge in [0.2, 0.25) is 12.2 Å². The number of rotatable bonds is 8. The van der Waals surface area contributed by atoms with Crippen LogP contribution < -0.4 is 0 Å². The minimum absolute atomic E-state index is 0.0605. The Morgan fingerprint density at radius 3 is 2.51 bits per heavy atom. The molecule has 1 N–H and O–H groups in total. The van der Waals surface area contributed by atoms with Gasteiger partial charge in [-0.3, -0.25) is 14.2 Å². The van der Waals surface area contributed by atoms with Crippen molar-refractivity contribution in [1.82, 2.24) is 14.4 Å². The second-order valence-corrected chi connectivity index (χ2v) is 11.1. The molecule has 1 aromatic carbocycles. The molecule has 3 aliphatic rings. The summed E-state index contributed by atoms with van der Waals surface area (Å²) in [6, 6.07) is 8.43. The molecular formula is C31H43N3O5. The molecule has 1 aromatic heterocycles. The third-order valence-electron chi connectivity index (χ3n) is 8.72. The van der Waals surface area contributed by atoms with Gasteiger partial charge in [-0.05, 0) is 76.2 Å². The van der Waals surface area contributed by atoms with Crippen molar-refractivity contribution in [1.29, 1.82) is 0 Å². The molecule has 0 radical (unpaired) electrons. The highest BCUT2D eigenvalue weighted by molar-refractivity contribution is 5.95. The third-order valence-corrected chi connectivity index (χ3v) is 8.72. The van der Waals surface area contributed by atoms with E-state index >= 15 is 0 Å². The van der Waals surface area contributed by atoms with Crippen LogP contribution in [0.3, 0.4) is 0 Å². The van der Waals surface area contributed by atoms with Gasteiger partial charge in [-0.15, -0.1) is 0 Å². The highest BCUT2D eigenvalue weighted by atomic mass is 16.7. The topological polar surface area (TPSA) is 84.2 Å². The quantitative estimate of drug-likeness (QED) is 0.533. The largest absolute Gasteiger partial charge is 0.459 e. The van der Waals surface area contributed by atoms with Crippen LogP contribution in [0, 0.1) is 5.92 Å². The van der Waals surface area contributed by atoms with E-state index in [2.05, 4.69) is 4.90 Å². The van der Waals surface area contributed by atoms with Crippen LogP contribution in [0.4, 0.5) is 0 Å². The smallest absolute Gasteiger partial charge is 0.288 e. The maximum atomic E-state index is 13.8. The first-order valence-electron chi connectivity index (χ1n) is 14.8. The minimum Gasteiger partial charge on any atom is -0.459 e. The normalized spacial score (nSPS) is 24.9. The molecule has 4 heterocycles. The van der Waals surface area contributed by atoms with Crippen molar-refractivity contribution in [3.05, 3.63) is 47.9 Å². The van der Waals surface area contributed by atoms with Gasteiger partial charge >= 0.3 is 0 Å². The van der Waals surface area contributed by atoms with Crippen molar-refractivity contribution < 1.29 is 24.2 Å². The Morgan fingerprint density at radius 2 is 1.82 bits per heavy atom. The van der Waals surface area contributed by atoms with E-state index in [0.717, 1.165) is 42.4 Å². The van der Waals surface area contributed by atoms with E-state index in [1.807, 2.05) is 48.4 Å². The minimum atomic E-state index is -0.610. The Hall–Kier alpha value is -2.68. The second kappa shape index (κ2) is 12.7. The zero-order valence-electron chi connectivity index (χ0n) is 23.4. The van der Waals surface area contributed by atoms with Crippen molar-refractivity contribution in [3.63, 3.8) is 0 Å². The predicted octanol–water partition coefficient (Wildman–Crippen LogP) is 4.53.